The van der Waals surface area contributed by atoms with E-state index < -0.39 is 24.5 Å². The van der Waals surface area contributed by atoms with Gasteiger partial charge in [0.15, 0.2) is 17.9 Å². The first kappa shape index (κ1) is 19.0. The van der Waals surface area contributed by atoms with E-state index in [0.717, 1.165) is 12.8 Å². The summed E-state index contributed by atoms with van der Waals surface area (Å²) < 4.78 is 5.75. The number of nitrogens with zero attached hydrogens (tertiary/aromatic N) is 4. The van der Waals surface area contributed by atoms with Crippen LogP contribution in [0.4, 0.5) is 17.3 Å². The summed E-state index contributed by atoms with van der Waals surface area (Å²) in [6, 6.07) is 0.0661. The number of aliphatic hydroxyl groups is 2. The van der Waals surface area contributed by atoms with Crippen LogP contribution in [-0.4, -0.2) is 70.5 Å². The second kappa shape index (κ2) is 7.86. The van der Waals surface area contributed by atoms with Crippen molar-refractivity contribution in [2.45, 2.75) is 50.3 Å². The van der Waals surface area contributed by atoms with Crippen LogP contribution >= 0.6 is 0 Å². The highest BCUT2D eigenvalue weighted by Crippen LogP contribution is 2.40. The summed E-state index contributed by atoms with van der Waals surface area (Å²) in [6.45, 7) is 3.09. The minimum Gasteiger partial charge on any atom is -0.388 e. The number of nitrogen functional groups attached to an aromatic ring is 1. The molecule has 0 saturated carbocycles. The molecule has 9 N–H and O–H groups in total. The Bertz CT molecular complexity index is 615. The van der Waals surface area contributed by atoms with E-state index in [0.29, 0.717) is 37.1 Å². The van der Waals surface area contributed by atoms with Crippen molar-refractivity contribution in [3.05, 3.63) is 6.33 Å². The van der Waals surface area contributed by atoms with Gasteiger partial charge in [-0.05, 0) is 32.9 Å². The molecule has 146 valence electrons. The average Bonchev–Trinajstić information content (AvgIpc) is 3.09. The lowest BCUT2D eigenvalue weighted by Crippen LogP contribution is -2.51. The second-order valence-electron chi connectivity index (χ2n) is 6.66. The van der Waals surface area contributed by atoms with Crippen molar-refractivity contribution in [3.63, 3.8) is 0 Å². The van der Waals surface area contributed by atoms with E-state index in [1.807, 2.05) is 5.01 Å². The standard InChI is InChI=1S/C15H28N8O3/c1-8-11(24)12(25)15(26-8)22-7-23(21-9(2-4-16)3-5-17)10-13(18)19-6-20-14(10)22/h6,8-9,11-12,15,21,24-25H,2-5,7,16-17H2,1H3,(H2,18,19,20)/t8-,11?,12?,15-/m1/s1. The van der Waals surface area contributed by atoms with Gasteiger partial charge in [0.1, 0.15) is 30.9 Å². The lowest BCUT2D eigenvalue weighted by atomic mass is 10.1. The number of hydrogen-bond donors (Lipinski definition) is 6. The summed E-state index contributed by atoms with van der Waals surface area (Å²) in [4.78, 5) is 10.1. The topological polar surface area (TPSA) is 172 Å². The van der Waals surface area contributed by atoms with Gasteiger partial charge in [-0.15, -0.1) is 0 Å². The quantitative estimate of drug-likeness (QED) is 0.305. The summed E-state index contributed by atoms with van der Waals surface area (Å²) >= 11 is 0. The first-order chi connectivity index (χ1) is 12.5. The Morgan fingerprint density at radius 2 is 1.96 bits per heavy atom. The van der Waals surface area contributed by atoms with E-state index in [9.17, 15) is 10.2 Å². The Hall–Kier alpha value is -1.76. The third-order valence-electron chi connectivity index (χ3n) is 4.82. The molecule has 1 fully saturated rings. The normalized spacial score (nSPS) is 28.2. The fourth-order valence-electron chi connectivity index (χ4n) is 3.43. The van der Waals surface area contributed by atoms with Crippen molar-refractivity contribution in [1.29, 1.82) is 0 Å². The number of ether oxygens (including phenoxy) is 1. The van der Waals surface area contributed by atoms with Crippen molar-refractivity contribution < 1.29 is 14.9 Å². The van der Waals surface area contributed by atoms with Gasteiger partial charge in [-0.25, -0.2) is 15.4 Å². The molecule has 0 spiro atoms. The number of aromatic nitrogens is 2. The fourth-order valence-corrected chi connectivity index (χ4v) is 3.43. The maximum Gasteiger partial charge on any atom is 0.162 e. The van der Waals surface area contributed by atoms with Crippen LogP contribution < -0.4 is 32.5 Å². The number of anilines is 3. The Labute approximate surface area is 152 Å². The highest BCUT2D eigenvalue weighted by Gasteiger charge is 2.47. The molecule has 0 aromatic carbocycles. The zero-order valence-electron chi connectivity index (χ0n) is 14.8. The van der Waals surface area contributed by atoms with Gasteiger partial charge in [0.2, 0.25) is 0 Å². The number of aliphatic hydroxyl groups excluding tert-OH is 2. The molecule has 2 unspecified atom stereocenters. The van der Waals surface area contributed by atoms with Crippen molar-refractivity contribution in [1.82, 2.24) is 15.4 Å². The van der Waals surface area contributed by atoms with E-state index in [4.69, 9.17) is 21.9 Å². The van der Waals surface area contributed by atoms with Crippen LogP contribution in [0.5, 0.6) is 0 Å². The van der Waals surface area contributed by atoms with Gasteiger partial charge in [-0.3, -0.25) is 5.01 Å². The summed E-state index contributed by atoms with van der Waals surface area (Å²) in [5.41, 5.74) is 21.4. The van der Waals surface area contributed by atoms with Gasteiger partial charge < -0.3 is 37.1 Å². The summed E-state index contributed by atoms with van der Waals surface area (Å²) in [5.74, 6) is 0.847. The largest absolute Gasteiger partial charge is 0.388 e. The van der Waals surface area contributed by atoms with Crippen molar-refractivity contribution in [2.75, 3.05) is 35.4 Å². The van der Waals surface area contributed by atoms with Crippen LogP contribution in [0.15, 0.2) is 6.33 Å². The maximum absolute atomic E-state index is 10.4. The van der Waals surface area contributed by atoms with Crippen LogP contribution in [0.3, 0.4) is 0 Å². The predicted octanol–water partition coefficient (Wildman–Crippen LogP) is -2.32. The van der Waals surface area contributed by atoms with Gasteiger partial charge in [-0.2, -0.15) is 0 Å². The van der Waals surface area contributed by atoms with Gasteiger partial charge >= 0.3 is 0 Å². The Morgan fingerprint density at radius 3 is 2.54 bits per heavy atom. The number of nitrogens with one attached hydrogen (secondary N) is 1. The number of fused-ring (bicyclic) bond motifs is 1. The van der Waals surface area contributed by atoms with Crippen LogP contribution in [-0.2, 0) is 4.74 Å². The Kier molecular flexibility index (Phi) is 5.75. The van der Waals surface area contributed by atoms with Crippen LogP contribution in [0.2, 0.25) is 0 Å². The molecule has 26 heavy (non-hydrogen) atoms. The molecule has 0 radical (unpaired) electrons. The molecular formula is C15H28N8O3. The summed E-state index contributed by atoms with van der Waals surface area (Å²) in [6.07, 6.45) is -0.388. The van der Waals surface area contributed by atoms with E-state index >= 15 is 0 Å². The highest BCUT2D eigenvalue weighted by molar-refractivity contribution is 5.81. The smallest absolute Gasteiger partial charge is 0.162 e. The lowest BCUT2D eigenvalue weighted by molar-refractivity contribution is 0.0149. The van der Waals surface area contributed by atoms with Gasteiger partial charge in [-0.1, -0.05) is 0 Å². The molecule has 3 rings (SSSR count). The first-order valence-electron chi connectivity index (χ1n) is 8.80. The van der Waals surface area contributed by atoms with Crippen molar-refractivity contribution >= 4 is 17.3 Å². The van der Waals surface area contributed by atoms with Crippen molar-refractivity contribution in [3.8, 4) is 0 Å². The molecule has 2 aliphatic rings. The molecule has 2 aliphatic heterocycles. The minimum absolute atomic E-state index is 0.0661. The zero-order chi connectivity index (χ0) is 18.8. The van der Waals surface area contributed by atoms with Crippen LogP contribution in [0.1, 0.15) is 19.8 Å². The molecule has 11 nitrogen and oxygen atoms in total. The lowest BCUT2D eigenvalue weighted by Gasteiger charge is -2.30. The number of hydrogen-bond acceptors (Lipinski definition) is 11. The predicted molar refractivity (Wildman–Crippen MR) is 96.9 cm³/mol. The minimum atomic E-state index is -1.06. The Morgan fingerprint density at radius 1 is 1.27 bits per heavy atom. The SMILES string of the molecule is C[C@H]1O[C@@H](N2CN(NC(CCN)CCN)c3c(N)ncnc32)C(O)C1O. The Balaban J connectivity index is 1.86. The van der Waals surface area contributed by atoms with Crippen LogP contribution in [0, 0.1) is 0 Å². The van der Waals surface area contributed by atoms with Crippen LogP contribution in [0.25, 0.3) is 0 Å². The molecule has 3 heterocycles. The second-order valence-corrected chi connectivity index (χ2v) is 6.66. The molecule has 1 saturated heterocycles. The van der Waals surface area contributed by atoms with Crippen molar-refractivity contribution in [2.24, 2.45) is 11.5 Å². The molecule has 1 aromatic rings. The zero-order valence-corrected chi connectivity index (χ0v) is 14.8. The third-order valence-corrected chi connectivity index (χ3v) is 4.82. The monoisotopic (exact) mass is 368 g/mol. The molecule has 0 amide bonds. The van der Waals surface area contributed by atoms with Gasteiger partial charge in [0, 0.05) is 6.04 Å². The highest BCUT2D eigenvalue weighted by atomic mass is 16.6. The molecular weight excluding hydrogens is 340 g/mol. The number of hydrazine groups is 1. The molecule has 11 heteroatoms. The van der Waals surface area contributed by atoms with E-state index in [1.54, 1.807) is 11.8 Å². The number of nitrogens with two attached hydrogens (primary N) is 3. The summed E-state index contributed by atoms with van der Waals surface area (Å²) in [5, 5.41) is 22.2. The molecule has 0 aliphatic carbocycles. The fraction of sp³-hybridized carbons (Fsp3) is 0.733. The molecule has 1 aromatic heterocycles. The average molecular weight is 368 g/mol. The van der Waals surface area contributed by atoms with E-state index in [1.165, 1.54) is 6.33 Å². The van der Waals surface area contributed by atoms with E-state index in [-0.39, 0.29) is 6.04 Å². The molecule has 4 atom stereocenters. The molecule has 0 bridgehead atoms. The maximum atomic E-state index is 10.4. The third kappa shape index (κ3) is 3.41. The number of rotatable bonds is 7. The first-order valence-corrected chi connectivity index (χ1v) is 8.80. The van der Waals surface area contributed by atoms with Gasteiger partial charge in [0.05, 0.1) is 6.10 Å². The van der Waals surface area contributed by atoms with Gasteiger partial charge in [0.25, 0.3) is 0 Å². The summed E-state index contributed by atoms with van der Waals surface area (Å²) in [7, 11) is 0. The van der Waals surface area contributed by atoms with E-state index in [2.05, 4.69) is 15.4 Å².